The predicted octanol–water partition coefficient (Wildman–Crippen LogP) is 2.36. The van der Waals surface area contributed by atoms with Gasteiger partial charge in [0.05, 0.1) is 0 Å². The molecule has 0 bridgehead atoms. The summed E-state index contributed by atoms with van der Waals surface area (Å²) in [6, 6.07) is 0.673. The molecule has 1 atom stereocenters. The summed E-state index contributed by atoms with van der Waals surface area (Å²) in [6.45, 7) is 6.47. The van der Waals surface area contributed by atoms with E-state index >= 15 is 0 Å². The fourth-order valence-electron chi connectivity index (χ4n) is 2.68. The van der Waals surface area contributed by atoms with Gasteiger partial charge in [-0.15, -0.1) is 0 Å². The first kappa shape index (κ1) is 11.6. The second-order valence-electron chi connectivity index (χ2n) is 4.96. The van der Waals surface area contributed by atoms with E-state index in [0.717, 1.165) is 24.8 Å². The van der Waals surface area contributed by atoms with Crippen molar-refractivity contribution in [2.45, 2.75) is 52.1 Å². The topological polar surface area (TPSA) is 29.9 Å². The summed E-state index contributed by atoms with van der Waals surface area (Å²) in [5, 5.41) is 3.64. The van der Waals surface area contributed by atoms with Crippen molar-refractivity contribution in [1.29, 1.82) is 0 Å². The Morgan fingerprint density at radius 1 is 1.50 bits per heavy atom. The third-order valence-corrected chi connectivity index (χ3v) is 3.85. The van der Waals surface area contributed by atoms with E-state index in [1.54, 1.807) is 0 Å². The Bertz CT molecular complexity index is 313. The van der Waals surface area contributed by atoms with Crippen LogP contribution < -0.4 is 5.32 Å². The van der Waals surface area contributed by atoms with Crippen LogP contribution in [-0.2, 0) is 6.54 Å². The van der Waals surface area contributed by atoms with Gasteiger partial charge < -0.3 is 9.88 Å². The third-order valence-electron chi connectivity index (χ3n) is 3.85. The zero-order valence-corrected chi connectivity index (χ0v) is 10.4. The molecule has 90 valence electrons. The molecule has 3 heteroatoms. The van der Waals surface area contributed by atoms with Gasteiger partial charge in [0.2, 0.25) is 0 Å². The van der Waals surface area contributed by atoms with Gasteiger partial charge in [-0.1, -0.05) is 12.8 Å². The Hall–Kier alpha value is -0.830. The van der Waals surface area contributed by atoms with E-state index in [-0.39, 0.29) is 0 Å². The minimum Gasteiger partial charge on any atom is -0.334 e. The van der Waals surface area contributed by atoms with Gasteiger partial charge in [0.25, 0.3) is 0 Å². The van der Waals surface area contributed by atoms with Crippen LogP contribution >= 0.6 is 0 Å². The van der Waals surface area contributed by atoms with E-state index in [1.807, 2.05) is 6.20 Å². The average molecular weight is 221 g/mol. The van der Waals surface area contributed by atoms with Crippen LogP contribution in [0, 0.1) is 12.8 Å². The lowest BCUT2D eigenvalue weighted by Gasteiger charge is -2.20. The van der Waals surface area contributed by atoms with Crippen molar-refractivity contribution in [1.82, 2.24) is 14.9 Å². The summed E-state index contributed by atoms with van der Waals surface area (Å²) in [6.07, 6.45) is 9.61. The van der Waals surface area contributed by atoms with E-state index < -0.39 is 0 Å². The molecule has 1 heterocycles. The third kappa shape index (κ3) is 2.85. The normalized spacial score (nSPS) is 19.1. The largest absolute Gasteiger partial charge is 0.334 e. The molecule has 1 aliphatic carbocycles. The number of rotatable bonds is 5. The number of aromatic nitrogens is 2. The maximum atomic E-state index is 4.23. The number of aryl methyl sites for hydroxylation is 1. The molecule has 0 aromatic carbocycles. The molecule has 0 saturated heterocycles. The Morgan fingerprint density at radius 3 is 2.88 bits per heavy atom. The minimum atomic E-state index is 0.673. The van der Waals surface area contributed by atoms with E-state index in [2.05, 4.69) is 34.9 Å². The van der Waals surface area contributed by atoms with Crippen LogP contribution in [0.25, 0.3) is 0 Å². The van der Waals surface area contributed by atoms with Crippen molar-refractivity contribution < 1.29 is 0 Å². The van der Waals surface area contributed by atoms with Gasteiger partial charge in [-0.05, 0) is 32.6 Å². The quantitative estimate of drug-likeness (QED) is 0.827. The summed E-state index contributed by atoms with van der Waals surface area (Å²) in [5.41, 5.74) is 0. The molecule has 2 rings (SSSR count). The number of hydrogen-bond donors (Lipinski definition) is 1. The van der Waals surface area contributed by atoms with Crippen LogP contribution in [0.5, 0.6) is 0 Å². The molecule has 0 radical (unpaired) electrons. The highest BCUT2D eigenvalue weighted by Crippen LogP contribution is 2.27. The molecular weight excluding hydrogens is 198 g/mol. The highest BCUT2D eigenvalue weighted by molar-refractivity contribution is 4.88. The molecule has 1 N–H and O–H groups in total. The van der Waals surface area contributed by atoms with Gasteiger partial charge in [-0.2, -0.15) is 0 Å². The highest BCUT2D eigenvalue weighted by atomic mass is 15.1. The molecule has 3 nitrogen and oxygen atoms in total. The number of nitrogens with zero attached hydrogens (tertiary/aromatic N) is 2. The van der Waals surface area contributed by atoms with Crippen LogP contribution in [0.3, 0.4) is 0 Å². The lowest BCUT2D eigenvalue weighted by atomic mass is 10.00. The molecule has 1 aromatic heterocycles. The van der Waals surface area contributed by atoms with Crippen molar-refractivity contribution >= 4 is 0 Å². The highest BCUT2D eigenvalue weighted by Gasteiger charge is 2.20. The molecule has 1 aliphatic rings. The lowest BCUT2D eigenvalue weighted by molar-refractivity contribution is 0.375. The van der Waals surface area contributed by atoms with Crippen LogP contribution in [0.1, 0.15) is 38.4 Å². The van der Waals surface area contributed by atoms with E-state index in [0.29, 0.717) is 6.04 Å². The van der Waals surface area contributed by atoms with Gasteiger partial charge in [0, 0.05) is 31.5 Å². The lowest BCUT2D eigenvalue weighted by Crippen LogP contribution is -2.34. The van der Waals surface area contributed by atoms with Crippen molar-refractivity contribution in [2.75, 3.05) is 6.54 Å². The standard InChI is InChI=1S/C13H23N3/c1-11(13-5-3-4-6-13)14-7-9-16-10-8-15-12(16)2/h8,10-11,13-14H,3-7,9H2,1-2H3/t11-/m1/s1. The molecule has 1 aromatic rings. The first-order valence-electron chi connectivity index (χ1n) is 6.48. The molecule has 0 unspecified atom stereocenters. The van der Waals surface area contributed by atoms with Crippen LogP contribution in [0.4, 0.5) is 0 Å². The van der Waals surface area contributed by atoms with Crippen molar-refractivity contribution in [3.8, 4) is 0 Å². The monoisotopic (exact) mass is 221 g/mol. The Balaban J connectivity index is 1.69. The summed E-state index contributed by atoms with van der Waals surface area (Å²) in [7, 11) is 0. The van der Waals surface area contributed by atoms with Gasteiger partial charge in [-0.25, -0.2) is 4.98 Å². The molecule has 0 spiro atoms. The summed E-state index contributed by atoms with van der Waals surface area (Å²) >= 11 is 0. The van der Waals surface area contributed by atoms with E-state index in [4.69, 9.17) is 0 Å². The Kier molecular flexibility index (Phi) is 3.99. The first-order chi connectivity index (χ1) is 7.77. The Labute approximate surface area is 98.3 Å². The summed E-state index contributed by atoms with van der Waals surface area (Å²) < 4.78 is 2.20. The second kappa shape index (κ2) is 5.48. The first-order valence-corrected chi connectivity index (χ1v) is 6.48. The zero-order valence-electron chi connectivity index (χ0n) is 10.4. The van der Waals surface area contributed by atoms with Crippen molar-refractivity contribution in [3.05, 3.63) is 18.2 Å². The molecule has 0 aliphatic heterocycles. The zero-order chi connectivity index (χ0) is 11.4. The van der Waals surface area contributed by atoms with Crippen LogP contribution in [0.15, 0.2) is 12.4 Å². The minimum absolute atomic E-state index is 0.673. The van der Waals surface area contributed by atoms with Crippen molar-refractivity contribution in [3.63, 3.8) is 0 Å². The number of imidazole rings is 1. The maximum absolute atomic E-state index is 4.23. The fraction of sp³-hybridized carbons (Fsp3) is 0.769. The molecule has 0 amide bonds. The maximum Gasteiger partial charge on any atom is 0.105 e. The average Bonchev–Trinajstić information content (AvgIpc) is 2.90. The number of nitrogens with one attached hydrogen (secondary N) is 1. The molecule has 1 fully saturated rings. The van der Waals surface area contributed by atoms with E-state index in [9.17, 15) is 0 Å². The van der Waals surface area contributed by atoms with E-state index in [1.165, 1.54) is 25.7 Å². The summed E-state index contributed by atoms with van der Waals surface area (Å²) in [5.74, 6) is 2.01. The molecule has 16 heavy (non-hydrogen) atoms. The molecular formula is C13H23N3. The molecule has 1 saturated carbocycles. The van der Waals surface area contributed by atoms with Gasteiger partial charge in [0.15, 0.2) is 0 Å². The predicted molar refractivity (Wildman–Crippen MR) is 66.4 cm³/mol. The van der Waals surface area contributed by atoms with Crippen molar-refractivity contribution in [2.24, 2.45) is 5.92 Å². The smallest absolute Gasteiger partial charge is 0.105 e. The van der Waals surface area contributed by atoms with Gasteiger partial charge in [-0.3, -0.25) is 0 Å². The summed E-state index contributed by atoms with van der Waals surface area (Å²) in [4.78, 5) is 4.23. The Morgan fingerprint density at radius 2 is 2.25 bits per heavy atom. The van der Waals surface area contributed by atoms with Gasteiger partial charge in [0.1, 0.15) is 5.82 Å². The SMILES string of the molecule is Cc1nccn1CCN[C@H](C)C1CCCC1. The number of hydrogen-bond acceptors (Lipinski definition) is 2. The second-order valence-corrected chi connectivity index (χ2v) is 4.96. The fourth-order valence-corrected chi connectivity index (χ4v) is 2.68. The van der Waals surface area contributed by atoms with Gasteiger partial charge >= 0.3 is 0 Å². The van der Waals surface area contributed by atoms with Crippen LogP contribution in [-0.4, -0.2) is 22.1 Å². The van der Waals surface area contributed by atoms with Crippen LogP contribution in [0.2, 0.25) is 0 Å².